The van der Waals surface area contributed by atoms with Gasteiger partial charge >= 0.3 is 5.97 Å². The Balaban J connectivity index is 2.40. The number of hydrogen-bond donors (Lipinski definition) is 5. The molecule has 1 fully saturated rings. The molecule has 0 aliphatic carbocycles. The van der Waals surface area contributed by atoms with E-state index in [1.165, 1.54) is 0 Å². The number of aliphatic imine (C=N–C) groups is 1. The average Bonchev–Trinajstić information content (AvgIpc) is 3.29. The quantitative estimate of drug-likeness (QED) is 0.130. The van der Waals surface area contributed by atoms with Crippen LogP contribution in [0.25, 0.3) is 0 Å². The number of unbranched alkanes of at least 4 members (excludes halogenated alkanes) is 1. The number of nitrogens with zero attached hydrogens (tertiary/aromatic N) is 1. The maximum absolute atomic E-state index is 12.3. The van der Waals surface area contributed by atoms with Crippen molar-refractivity contribution in [3.63, 3.8) is 0 Å². The van der Waals surface area contributed by atoms with Crippen LogP contribution in [0.15, 0.2) is 4.99 Å². The lowest BCUT2D eigenvalue weighted by Crippen LogP contribution is -2.49. The molecule has 0 spiro atoms. The van der Waals surface area contributed by atoms with Crippen LogP contribution in [0.3, 0.4) is 0 Å². The van der Waals surface area contributed by atoms with E-state index in [9.17, 15) is 14.4 Å². The molecule has 1 heterocycles. The van der Waals surface area contributed by atoms with Crippen molar-refractivity contribution < 1.29 is 24.2 Å². The molecule has 0 aromatic rings. The molecular formula is C15H27N5O5. The van der Waals surface area contributed by atoms with Crippen LogP contribution in [-0.4, -0.2) is 60.2 Å². The number of nitrogens with one attached hydrogen (secondary N) is 2. The molecule has 25 heavy (non-hydrogen) atoms. The van der Waals surface area contributed by atoms with E-state index in [1.54, 1.807) is 0 Å². The van der Waals surface area contributed by atoms with E-state index in [2.05, 4.69) is 15.6 Å². The van der Waals surface area contributed by atoms with Crippen molar-refractivity contribution in [1.29, 1.82) is 0 Å². The summed E-state index contributed by atoms with van der Waals surface area (Å²) in [6.07, 6.45) is -0.304. The van der Waals surface area contributed by atoms with E-state index >= 15 is 0 Å². The number of amides is 2. The summed E-state index contributed by atoms with van der Waals surface area (Å²) in [4.78, 5) is 38.8. The fourth-order valence-electron chi connectivity index (χ4n) is 2.24. The van der Waals surface area contributed by atoms with Gasteiger partial charge in [-0.1, -0.05) is 13.8 Å². The van der Waals surface area contributed by atoms with Crippen LogP contribution in [0, 0.1) is 5.92 Å². The molecule has 1 aliphatic rings. The van der Waals surface area contributed by atoms with Crippen molar-refractivity contribution in [2.45, 2.75) is 51.4 Å². The highest BCUT2D eigenvalue weighted by atomic mass is 16.6. The minimum atomic E-state index is -1.19. The fourth-order valence-corrected chi connectivity index (χ4v) is 2.24. The van der Waals surface area contributed by atoms with Crippen molar-refractivity contribution in [3.8, 4) is 0 Å². The monoisotopic (exact) mass is 357 g/mol. The predicted octanol–water partition coefficient (Wildman–Crippen LogP) is -1.46. The van der Waals surface area contributed by atoms with Gasteiger partial charge in [-0.2, -0.15) is 0 Å². The molecule has 1 unspecified atom stereocenters. The maximum Gasteiger partial charge on any atom is 0.336 e. The van der Waals surface area contributed by atoms with Gasteiger partial charge in [-0.25, -0.2) is 4.79 Å². The summed E-state index contributed by atoms with van der Waals surface area (Å²) in [6.45, 7) is 4.77. The number of ether oxygens (including phenoxy) is 1. The number of guanidine groups is 1. The molecule has 10 heteroatoms. The average molecular weight is 357 g/mol. The standard InChI is InChI=1S/C15H27N5O5/c1-8(2)7-9(20-13(22)10-11(25-10)14(23)24)12(21)18-5-3-4-6-19-15(16)17/h8-11H,3-7H2,1-2H3,(H,18,21)(H,20,22)(H,23,24)(H4,16,17,19)/t9-,10?,11+/m0/s1. The molecule has 0 aromatic heterocycles. The number of aliphatic carboxylic acids is 1. The summed E-state index contributed by atoms with van der Waals surface area (Å²) < 4.78 is 4.79. The minimum Gasteiger partial charge on any atom is -0.479 e. The number of hydrogen-bond acceptors (Lipinski definition) is 5. The topological polar surface area (TPSA) is 172 Å². The predicted molar refractivity (Wildman–Crippen MR) is 90.6 cm³/mol. The highest BCUT2D eigenvalue weighted by molar-refractivity contribution is 5.95. The number of carbonyl (C=O) groups is 3. The van der Waals surface area contributed by atoms with Crippen molar-refractivity contribution in [1.82, 2.24) is 10.6 Å². The highest BCUT2D eigenvalue weighted by Crippen LogP contribution is 2.22. The highest BCUT2D eigenvalue weighted by Gasteiger charge is 2.51. The molecule has 0 saturated carbocycles. The first-order valence-corrected chi connectivity index (χ1v) is 8.24. The molecule has 2 amide bonds. The molecule has 0 aromatic carbocycles. The van der Waals surface area contributed by atoms with Crippen LogP contribution in [0.1, 0.15) is 33.1 Å². The van der Waals surface area contributed by atoms with E-state index in [0.29, 0.717) is 25.9 Å². The molecule has 1 rings (SSSR count). The first-order valence-electron chi connectivity index (χ1n) is 8.24. The summed E-state index contributed by atoms with van der Waals surface area (Å²) in [5.41, 5.74) is 10.4. The maximum atomic E-state index is 12.3. The van der Waals surface area contributed by atoms with Gasteiger partial charge in [-0.3, -0.25) is 14.6 Å². The summed E-state index contributed by atoms with van der Waals surface area (Å²) >= 11 is 0. The Kier molecular flexibility index (Phi) is 8.12. The van der Waals surface area contributed by atoms with Crippen LogP contribution in [-0.2, 0) is 19.1 Å². The molecule has 10 nitrogen and oxygen atoms in total. The van der Waals surface area contributed by atoms with Gasteiger partial charge in [0.15, 0.2) is 18.2 Å². The van der Waals surface area contributed by atoms with Crippen LogP contribution in [0.2, 0.25) is 0 Å². The van der Waals surface area contributed by atoms with Gasteiger partial charge in [0.2, 0.25) is 5.91 Å². The molecule has 0 bridgehead atoms. The van der Waals surface area contributed by atoms with E-state index in [-0.39, 0.29) is 17.8 Å². The van der Waals surface area contributed by atoms with Gasteiger partial charge in [0, 0.05) is 13.1 Å². The molecule has 142 valence electrons. The van der Waals surface area contributed by atoms with Crippen LogP contribution in [0.4, 0.5) is 0 Å². The minimum absolute atomic E-state index is 0.0331. The zero-order chi connectivity index (χ0) is 19.0. The first-order chi connectivity index (χ1) is 11.7. The van der Waals surface area contributed by atoms with E-state index in [4.69, 9.17) is 21.3 Å². The van der Waals surface area contributed by atoms with E-state index < -0.39 is 30.1 Å². The lowest BCUT2D eigenvalue weighted by atomic mass is 10.0. The zero-order valence-electron chi connectivity index (χ0n) is 14.5. The van der Waals surface area contributed by atoms with Gasteiger partial charge in [-0.05, 0) is 25.2 Å². The van der Waals surface area contributed by atoms with Crippen LogP contribution in [0.5, 0.6) is 0 Å². The molecule has 7 N–H and O–H groups in total. The molecular weight excluding hydrogens is 330 g/mol. The first kappa shape index (κ1) is 20.7. The number of rotatable bonds is 11. The van der Waals surface area contributed by atoms with E-state index in [0.717, 1.165) is 6.42 Å². The van der Waals surface area contributed by atoms with Crippen molar-refractivity contribution in [2.24, 2.45) is 22.4 Å². The second kappa shape index (κ2) is 9.82. The van der Waals surface area contributed by atoms with Crippen molar-refractivity contribution >= 4 is 23.7 Å². The SMILES string of the molecule is CC(C)C[C@H](NC(=O)C1O[C@H]1C(=O)O)C(=O)NCCCCN=C(N)N. The lowest BCUT2D eigenvalue weighted by molar-refractivity contribution is -0.138. The molecule has 3 atom stereocenters. The van der Waals surface area contributed by atoms with E-state index in [1.807, 2.05) is 13.8 Å². The second-order valence-corrected chi connectivity index (χ2v) is 6.31. The smallest absolute Gasteiger partial charge is 0.336 e. The Morgan fingerprint density at radius 1 is 1.20 bits per heavy atom. The number of carboxylic acid groups (broad SMARTS) is 1. The number of carboxylic acids is 1. The number of nitrogens with two attached hydrogens (primary N) is 2. The van der Waals surface area contributed by atoms with Crippen molar-refractivity contribution in [2.75, 3.05) is 13.1 Å². The summed E-state index contributed by atoms with van der Waals surface area (Å²) in [6, 6.07) is -0.733. The molecule has 1 saturated heterocycles. The Hall–Kier alpha value is -2.36. The third-order valence-electron chi connectivity index (χ3n) is 3.51. The Bertz CT molecular complexity index is 518. The number of carbonyl (C=O) groups excluding carboxylic acids is 2. The van der Waals surface area contributed by atoms with Crippen LogP contribution >= 0.6 is 0 Å². The van der Waals surface area contributed by atoms with Gasteiger partial charge in [0.05, 0.1) is 0 Å². The Labute approximate surface area is 146 Å². The zero-order valence-corrected chi connectivity index (χ0v) is 14.5. The lowest BCUT2D eigenvalue weighted by Gasteiger charge is -2.19. The fraction of sp³-hybridized carbons (Fsp3) is 0.733. The Morgan fingerprint density at radius 2 is 1.88 bits per heavy atom. The summed E-state index contributed by atoms with van der Waals surface area (Å²) in [5.74, 6) is -1.87. The Morgan fingerprint density at radius 3 is 2.40 bits per heavy atom. The normalized spacial score (nSPS) is 19.8. The third kappa shape index (κ3) is 7.84. The van der Waals surface area contributed by atoms with Gasteiger partial charge in [-0.15, -0.1) is 0 Å². The van der Waals surface area contributed by atoms with Gasteiger partial charge in [0.1, 0.15) is 6.04 Å². The molecule has 0 radical (unpaired) electrons. The number of epoxide rings is 1. The molecule has 1 aliphatic heterocycles. The largest absolute Gasteiger partial charge is 0.479 e. The van der Waals surface area contributed by atoms with Crippen LogP contribution < -0.4 is 22.1 Å². The third-order valence-corrected chi connectivity index (χ3v) is 3.51. The van der Waals surface area contributed by atoms with Crippen molar-refractivity contribution in [3.05, 3.63) is 0 Å². The van der Waals surface area contributed by atoms with Gasteiger partial charge < -0.3 is 31.9 Å². The summed E-state index contributed by atoms with van der Waals surface area (Å²) in [5, 5.41) is 14.1. The summed E-state index contributed by atoms with van der Waals surface area (Å²) in [7, 11) is 0. The van der Waals surface area contributed by atoms with Gasteiger partial charge in [0.25, 0.3) is 5.91 Å². The second-order valence-electron chi connectivity index (χ2n) is 6.31.